The molecule has 0 heterocycles. The summed E-state index contributed by atoms with van der Waals surface area (Å²) in [4.78, 5) is 24.4. The van der Waals surface area contributed by atoms with Crippen LogP contribution in [0.3, 0.4) is 0 Å². The third kappa shape index (κ3) is 4.56. The van der Waals surface area contributed by atoms with E-state index in [4.69, 9.17) is 0 Å². The summed E-state index contributed by atoms with van der Waals surface area (Å²) in [7, 11) is 3.39. The molecule has 1 rings (SSSR count). The molecule has 1 N–H and O–H groups in total. The van der Waals surface area contributed by atoms with E-state index in [9.17, 15) is 9.59 Å². The molecule has 0 saturated carbocycles. The molecule has 1 aromatic carbocycles. The lowest BCUT2D eigenvalue weighted by atomic mass is 10.2. The van der Waals surface area contributed by atoms with Gasteiger partial charge in [0.05, 0.1) is 0 Å². The molecule has 0 aliphatic carbocycles. The Morgan fingerprint density at radius 3 is 2.35 bits per heavy atom. The Bertz CT molecular complexity index is 401. The first-order chi connectivity index (χ1) is 8.00. The van der Waals surface area contributed by atoms with Crippen LogP contribution in [-0.4, -0.2) is 37.4 Å². The van der Waals surface area contributed by atoms with E-state index < -0.39 is 0 Å². The van der Waals surface area contributed by atoms with Crippen molar-refractivity contribution < 1.29 is 9.59 Å². The van der Waals surface area contributed by atoms with Crippen molar-refractivity contribution in [2.24, 2.45) is 0 Å². The molecule has 17 heavy (non-hydrogen) atoms. The minimum absolute atomic E-state index is 0.00102. The number of rotatable bonds is 4. The van der Waals surface area contributed by atoms with Crippen LogP contribution in [-0.2, 0) is 4.79 Å². The number of amides is 2. The molecule has 0 unspecified atom stereocenters. The first-order valence-corrected chi connectivity index (χ1v) is 6.04. The monoisotopic (exact) mass is 298 g/mol. The zero-order chi connectivity index (χ0) is 12.8. The van der Waals surface area contributed by atoms with Crippen LogP contribution in [0.5, 0.6) is 0 Å². The lowest BCUT2D eigenvalue weighted by molar-refractivity contribution is -0.128. The fourth-order valence-corrected chi connectivity index (χ4v) is 1.47. The maximum absolute atomic E-state index is 11.7. The van der Waals surface area contributed by atoms with Crippen LogP contribution in [0.1, 0.15) is 16.8 Å². The zero-order valence-electron chi connectivity index (χ0n) is 9.87. The Balaban J connectivity index is 2.40. The van der Waals surface area contributed by atoms with Gasteiger partial charge in [-0.1, -0.05) is 15.9 Å². The number of carbonyl (C=O) groups excluding carboxylic acids is 2. The lowest BCUT2D eigenvalue weighted by Crippen LogP contribution is -2.30. The van der Waals surface area contributed by atoms with Crippen LogP contribution in [0, 0.1) is 0 Å². The van der Waals surface area contributed by atoms with Gasteiger partial charge in [0.1, 0.15) is 0 Å². The molecule has 0 saturated heterocycles. The topological polar surface area (TPSA) is 49.4 Å². The Morgan fingerprint density at radius 1 is 1.24 bits per heavy atom. The second-order valence-electron chi connectivity index (χ2n) is 3.80. The van der Waals surface area contributed by atoms with Crippen molar-refractivity contribution in [3.63, 3.8) is 0 Å². The predicted octanol–water partition coefficient (Wildman–Crippen LogP) is 1.66. The molecular weight excluding hydrogens is 284 g/mol. The summed E-state index contributed by atoms with van der Waals surface area (Å²) < 4.78 is 0.928. The highest BCUT2D eigenvalue weighted by atomic mass is 79.9. The van der Waals surface area contributed by atoms with Gasteiger partial charge in [-0.15, -0.1) is 0 Å². The first-order valence-electron chi connectivity index (χ1n) is 5.24. The molecule has 4 nitrogen and oxygen atoms in total. The van der Waals surface area contributed by atoms with E-state index >= 15 is 0 Å². The Hall–Kier alpha value is -1.36. The molecule has 2 amide bonds. The number of hydrogen-bond acceptors (Lipinski definition) is 2. The number of halogens is 1. The molecule has 0 atom stereocenters. The smallest absolute Gasteiger partial charge is 0.251 e. The number of nitrogens with zero attached hydrogens (tertiary/aromatic N) is 1. The van der Waals surface area contributed by atoms with Crippen molar-refractivity contribution in [3.05, 3.63) is 34.3 Å². The van der Waals surface area contributed by atoms with Gasteiger partial charge in [0.2, 0.25) is 5.91 Å². The molecule has 0 aliphatic heterocycles. The molecule has 0 bridgehead atoms. The highest BCUT2D eigenvalue weighted by Gasteiger charge is 2.07. The van der Waals surface area contributed by atoms with Crippen LogP contribution < -0.4 is 5.32 Å². The SMILES string of the molecule is CN(C)C(=O)CCNC(=O)c1ccc(Br)cc1. The number of nitrogens with one attached hydrogen (secondary N) is 1. The standard InChI is InChI=1S/C12H15BrN2O2/c1-15(2)11(16)7-8-14-12(17)9-3-5-10(13)6-4-9/h3-6H,7-8H2,1-2H3,(H,14,17). The van der Waals surface area contributed by atoms with Gasteiger partial charge in [-0.2, -0.15) is 0 Å². The van der Waals surface area contributed by atoms with Crippen molar-refractivity contribution >= 4 is 27.7 Å². The average Bonchev–Trinajstić information content (AvgIpc) is 2.29. The summed E-state index contributed by atoms with van der Waals surface area (Å²) in [5, 5.41) is 2.70. The van der Waals surface area contributed by atoms with E-state index in [1.807, 2.05) is 0 Å². The molecule has 92 valence electrons. The van der Waals surface area contributed by atoms with Crippen LogP contribution >= 0.6 is 15.9 Å². The summed E-state index contributed by atoms with van der Waals surface area (Å²) in [5.41, 5.74) is 0.588. The predicted molar refractivity (Wildman–Crippen MR) is 69.8 cm³/mol. The van der Waals surface area contributed by atoms with E-state index in [0.29, 0.717) is 18.5 Å². The number of benzene rings is 1. The molecule has 0 radical (unpaired) electrons. The van der Waals surface area contributed by atoms with Gasteiger partial charge in [-0.3, -0.25) is 9.59 Å². The Morgan fingerprint density at radius 2 is 1.82 bits per heavy atom. The van der Waals surface area contributed by atoms with Crippen LogP contribution in [0.4, 0.5) is 0 Å². The maximum Gasteiger partial charge on any atom is 0.251 e. The molecule has 1 aromatic rings. The number of hydrogen-bond donors (Lipinski definition) is 1. The molecular formula is C12H15BrN2O2. The van der Waals surface area contributed by atoms with Gasteiger partial charge in [0.15, 0.2) is 0 Å². The molecule has 0 aromatic heterocycles. The minimum atomic E-state index is -0.163. The van der Waals surface area contributed by atoms with E-state index in [2.05, 4.69) is 21.2 Å². The van der Waals surface area contributed by atoms with Crippen LogP contribution in [0.2, 0.25) is 0 Å². The average molecular weight is 299 g/mol. The Labute approximate surface area is 109 Å². The van der Waals surface area contributed by atoms with Crippen LogP contribution in [0.15, 0.2) is 28.7 Å². The fraction of sp³-hybridized carbons (Fsp3) is 0.333. The third-order valence-corrected chi connectivity index (χ3v) is 2.76. The lowest BCUT2D eigenvalue weighted by Gasteiger charge is -2.10. The van der Waals surface area contributed by atoms with Crippen molar-refractivity contribution in [1.29, 1.82) is 0 Å². The van der Waals surface area contributed by atoms with Crippen molar-refractivity contribution in [2.75, 3.05) is 20.6 Å². The summed E-state index contributed by atoms with van der Waals surface area (Å²) in [6.07, 6.45) is 0.315. The van der Waals surface area contributed by atoms with E-state index in [1.165, 1.54) is 4.90 Å². The van der Waals surface area contributed by atoms with Gasteiger partial charge >= 0.3 is 0 Å². The quantitative estimate of drug-likeness (QED) is 0.919. The van der Waals surface area contributed by atoms with Crippen molar-refractivity contribution in [3.8, 4) is 0 Å². The van der Waals surface area contributed by atoms with E-state index in [0.717, 1.165) is 4.47 Å². The van der Waals surface area contributed by atoms with Gasteiger partial charge in [0.25, 0.3) is 5.91 Å². The van der Waals surface area contributed by atoms with E-state index in [-0.39, 0.29) is 11.8 Å². The molecule has 0 aliphatic rings. The van der Waals surface area contributed by atoms with E-state index in [1.54, 1.807) is 38.4 Å². The van der Waals surface area contributed by atoms with Gasteiger partial charge in [0, 0.05) is 37.1 Å². The van der Waals surface area contributed by atoms with Crippen molar-refractivity contribution in [1.82, 2.24) is 10.2 Å². The highest BCUT2D eigenvalue weighted by molar-refractivity contribution is 9.10. The summed E-state index contributed by atoms with van der Waals surface area (Å²) in [6.45, 7) is 0.353. The van der Waals surface area contributed by atoms with Gasteiger partial charge < -0.3 is 10.2 Å². The second kappa shape index (κ2) is 6.39. The normalized spacial score (nSPS) is 9.82. The van der Waals surface area contributed by atoms with Gasteiger partial charge in [-0.25, -0.2) is 0 Å². The summed E-state index contributed by atoms with van der Waals surface area (Å²) in [5.74, 6) is -0.162. The zero-order valence-corrected chi connectivity index (χ0v) is 11.5. The Kier molecular flexibility index (Phi) is 5.15. The van der Waals surface area contributed by atoms with Gasteiger partial charge in [-0.05, 0) is 24.3 Å². The summed E-state index contributed by atoms with van der Waals surface area (Å²) >= 11 is 3.30. The summed E-state index contributed by atoms with van der Waals surface area (Å²) in [6, 6.07) is 7.07. The molecule has 0 fully saturated rings. The molecule has 0 spiro atoms. The highest BCUT2D eigenvalue weighted by Crippen LogP contribution is 2.10. The first kappa shape index (κ1) is 13.7. The maximum atomic E-state index is 11.7. The second-order valence-corrected chi connectivity index (χ2v) is 4.72. The fourth-order valence-electron chi connectivity index (χ4n) is 1.21. The largest absolute Gasteiger partial charge is 0.352 e. The third-order valence-electron chi connectivity index (χ3n) is 2.23. The number of carbonyl (C=O) groups is 2. The molecule has 5 heteroatoms. The van der Waals surface area contributed by atoms with Crippen molar-refractivity contribution in [2.45, 2.75) is 6.42 Å². The minimum Gasteiger partial charge on any atom is -0.352 e. The van der Waals surface area contributed by atoms with Crippen LogP contribution in [0.25, 0.3) is 0 Å².